The molecule has 0 spiro atoms. The number of amides is 2. The van der Waals surface area contributed by atoms with E-state index in [9.17, 15) is 14.7 Å². The number of rotatable bonds is 5. The lowest BCUT2D eigenvalue weighted by Gasteiger charge is -2.34. The Labute approximate surface area is 133 Å². The quantitative estimate of drug-likeness (QED) is 0.844. The first-order valence-electron chi connectivity index (χ1n) is 6.84. The topological polar surface area (TPSA) is 69.6 Å². The van der Waals surface area contributed by atoms with E-state index in [2.05, 4.69) is 21.2 Å². The van der Waals surface area contributed by atoms with Gasteiger partial charge in [-0.3, -0.25) is 0 Å². The number of carbonyl (C=O) groups excluding carboxylic acids is 1. The van der Waals surface area contributed by atoms with Crippen LogP contribution in [0, 0.1) is 0 Å². The van der Waals surface area contributed by atoms with E-state index in [1.165, 1.54) is 18.7 Å². The van der Waals surface area contributed by atoms with Crippen molar-refractivity contribution in [1.82, 2.24) is 4.90 Å². The molecule has 0 aliphatic carbocycles. The van der Waals surface area contributed by atoms with E-state index in [1.54, 1.807) is 6.92 Å². The number of urea groups is 1. The zero-order valence-electron chi connectivity index (χ0n) is 12.7. The van der Waals surface area contributed by atoms with Crippen molar-refractivity contribution in [2.24, 2.45) is 0 Å². The number of halogens is 1. The maximum atomic E-state index is 12.4. The minimum Gasteiger partial charge on any atom is -0.480 e. The van der Waals surface area contributed by atoms with Crippen LogP contribution in [0.3, 0.4) is 0 Å². The lowest BCUT2D eigenvalue weighted by molar-refractivity contribution is -0.147. The smallest absolute Gasteiger partial charge is 0.329 e. The van der Waals surface area contributed by atoms with Crippen molar-refractivity contribution >= 4 is 33.6 Å². The highest BCUT2D eigenvalue weighted by molar-refractivity contribution is 9.10. The lowest BCUT2D eigenvalue weighted by Crippen LogP contribution is -2.54. The number of anilines is 1. The van der Waals surface area contributed by atoms with Crippen LogP contribution in [-0.4, -0.2) is 34.1 Å². The molecule has 0 atom stereocenters. The van der Waals surface area contributed by atoms with E-state index in [4.69, 9.17) is 0 Å². The minimum absolute atomic E-state index is 0.309. The Kier molecular flexibility index (Phi) is 5.78. The van der Waals surface area contributed by atoms with Gasteiger partial charge >= 0.3 is 12.0 Å². The molecule has 1 aromatic rings. The molecule has 21 heavy (non-hydrogen) atoms. The van der Waals surface area contributed by atoms with Crippen molar-refractivity contribution in [3.63, 3.8) is 0 Å². The van der Waals surface area contributed by atoms with Crippen LogP contribution in [0.2, 0.25) is 0 Å². The number of nitrogens with one attached hydrogen (secondary N) is 1. The number of aryl methyl sites for hydroxylation is 1. The number of benzene rings is 1. The summed E-state index contributed by atoms with van der Waals surface area (Å²) in [5.41, 5.74) is 0.424. The van der Waals surface area contributed by atoms with Crippen LogP contribution in [0.15, 0.2) is 22.7 Å². The summed E-state index contributed by atoms with van der Waals surface area (Å²) in [6.07, 6.45) is 0.767. The largest absolute Gasteiger partial charge is 0.480 e. The molecule has 0 aromatic heterocycles. The monoisotopic (exact) mass is 356 g/mol. The van der Waals surface area contributed by atoms with Gasteiger partial charge in [-0.1, -0.05) is 22.9 Å². The molecule has 0 heterocycles. The summed E-state index contributed by atoms with van der Waals surface area (Å²) in [5, 5.41) is 12.1. The Hall–Kier alpha value is -1.56. The molecule has 1 rings (SSSR count). The molecule has 5 nitrogen and oxygen atoms in total. The number of carboxylic acids is 1. The molecule has 116 valence electrons. The molecular weight excluding hydrogens is 336 g/mol. The fourth-order valence-electron chi connectivity index (χ4n) is 2.07. The maximum Gasteiger partial charge on any atom is 0.329 e. The highest BCUT2D eigenvalue weighted by atomic mass is 79.9. The van der Waals surface area contributed by atoms with Crippen molar-refractivity contribution in [2.45, 2.75) is 39.7 Å². The Morgan fingerprint density at radius 1 is 1.33 bits per heavy atom. The normalized spacial score (nSPS) is 11.1. The molecule has 0 aliphatic heterocycles. The number of aliphatic carboxylic acids is 1. The standard InChI is InChI=1S/C15H21BrN2O3/c1-5-10-9-11(16)7-8-12(10)17-14(21)18(6-2)15(3,4)13(19)20/h7-9H,5-6H2,1-4H3,(H,17,21)(H,19,20). The molecule has 0 bridgehead atoms. The number of carbonyl (C=O) groups is 2. The van der Waals surface area contributed by atoms with Crippen LogP contribution in [0.1, 0.15) is 33.3 Å². The van der Waals surface area contributed by atoms with Gasteiger partial charge in [-0.25, -0.2) is 9.59 Å². The van der Waals surface area contributed by atoms with Crippen LogP contribution in [-0.2, 0) is 11.2 Å². The Morgan fingerprint density at radius 3 is 2.43 bits per heavy atom. The first-order valence-corrected chi connectivity index (χ1v) is 7.63. The summed E-state index contributed by atoms with van der Waals surface area (Å²) in [6.45, 7) is 7.09. The first-order chi connectivity index (χ1) is 9.73. The molecule has 0 saturated heterocycles. The van der Waals surface area contributed by atoms with Gasteiger partial charge in [-0.05, 0) is 51.0 Å². The van der Waals surface area contributed by atoms with E-state index >= 15 is 0 Å². The molecular formula is C15H21BrN2O3. The molecule has 0 saturated carbocycles. The van der Waals surface area contributed by atoms with Crippen molar-refractivity contribution in [3.8, 4) is 0 Å². The van der Waals surface area contributed by atoms with E-state index < -0.39 is 17.5 Å². The van der Waals surface area contributed by atoms with Gasteiger partial charge in [-0.2, -0.15) is 0 Å². The third-order valence-electron chi connectivity index (χ3n) is 3.45. The van der Waals surface area contributed by atoms with Crippen molar-refractivity contribution < 1.29 is 14.7 Å². The molecule has 0 radical (unpaired) electrons. The third kappa shape index (κ3) is 3.97. The SMILES string of the molecule is CCc1cc(Br)ccc1NC(=O)N(CC)C(C)(C)C(=O)O. The van der Waals surface area contributed by atoms with Gasteiger partial charge in [0.1, 0.15) is 5.54 Å². The summed E-state index contributed by atoms with van der Waals surface area (Å²) in [4.78, 5) is 25.0. The van der Waals surface area contributed by atoms with Gasteiger partial charge in [0, 0.05) is 16.7 Å². The van der Waals surface area contributed by atoms with Crippen LogP contribution < -0.4 is 5.32 Å². The molecule has 0 unspecified atom stereocenters. The van der Waals surface area contributed by atoms with Crippen molar-refractivity contribution in [3.05, 3.63) is 28.2 Å². The molecule has 2 N–H and O–H groups in total. The molecule has 2 amide bonds. The highest BCUT2D eigenvalue weighted by Gasteiger charge is 2.37. The first kappa shape index (κ1) is 17.5. The number of hydrogen-bond donors (Lipinski definition) is 2. The summed E-state index contributed by atoms with van der Waals surface area (Å²) in [6, 6.07) is 5.17. The van der Waals surface area contributed by atoms with E-state index in [0.29, 0.717) is 12.2 Å². The lowest BCUT2D eigenvalue weighted by atomic mass is 10.0. The van der Waals surface area contributed by atoms with Gasteiger partial charge in [-0.15, -0.1) is 0 Å². The Balaban J connectivity index is 3.01. The average molecular weight is 357 g/mol. The number of likely N-dealkylation sites (N-methyl/N-ethyl adjacent to an activating group) is 1. The fourth-order valence-corrected chi connectivity index (χ4v) is 2.48. The van der Waals surface area contributed by atoms with Gasteiger partial charge < -0.3 is 15.3 Å². The van der Waals surface area contributed by atoms with Crippen molar-refractivity contribution in [1.29, 1.82) is 0 Å². The fraction of sp³-hybridized carbons (Fsp3) is 0.467. The number of hydrogen-bond acceptors (Lipinski definition) is 2. The van der Waals surface area contributed by atoms with Gasteiger partial charge in [0.25, 0.3) is 0 Å². The molecule has 0 aliphatic rings. The summed E-state index contributed by atoms with van der Waals surface area (Å²) in [5.74, 6) is -1.04. The Bertz CT molecular complexity index is 544. The third-order valence-corrected chi connectivity index (χ3v) is 3.94. The van der Waals surface area contributed by atoms with Crippen LogP contribution in [0.4, 0.5) is 10.5 Å². The zero-order chi connectivity index (χ0) is 16.2. The van der Waals surface area contributed by atoms with E-state index in [-0.39, 0.29) is 0 Å². The zero-order valence-corrected chi connectivity index (χ0v) is 14.3. The summed E-state index contributed by atoms with van der Waals surface area (Å²) in [7, 11) is 0. The van der Waals surface area contributed by atoms with Gasteiger partial charge in [0.15, 0.2) is 0 Å². The number of nitrogens with zero attached hydrogens (tertiary/aromatic N) is 1. The summed E-state index contributed by atoms with van der Waals surface area (Å²) >= 11 is 3.40. The molecule has 1 aromatic carbocycles. The molecule has 6 heteroatoms. The minimum atomic E-state index is -1.26. The van der Waals surface area contributed by atoms with Crippen LogP contribution in [0.25, 0.3) is 0 Å². The predicted molar refractivity (Wildman–Crippen MR) is 86.6 cm³/mol. The van der Waals surface area contributed by atoms with Crippen LogP contribution in [0.5, 0.6) is 0 Å². The highest BCUT2D eigenvalue weighted by Crippen LogP contribution is 2.23. The summed E-state index contributed by atoms with van der Waals surface area (Å²) < 4.78 is 0.940. The van der Waals surface area contributed by atoms with Gasteiger partial charge in [0.2, 0.25) is 0 Å². The van der Waals surface area contributed by atoms with Crippen molar-refractivity contribution in [2.75, 3.05) is 11.9 Å². The van der Waals surface area contributed by atoms with E-state index in [0.717, 1.165) is 16.5 Å². The Morgan fingerprint density at radius 2 is 1.95 bits per heavy atom. The second-order valence-electron chi connectivity index (χ2n) is 5.19. The predicted octanol–water partition coefficient (Wildman–Crippen LogP) is 3.73. The van der Waals surface area contributed by atoms with Crippen LogP contribution >= 0.6 is 15.9 Å². The number of carboxylic acid groups (broad SMARTS) is 1. The average Bonchev–Trinajstić information content (AvgIpc) is 2.41. The molecule has 0 fully saturated rings. The van der Waals surface area contributed by atoms with E-state index in [1.807, 2.05) is 25.1 Å². The maximum absolute atomic E-state index is 12.4. The second-order valence-corrected chi connectivity index (χ2v) is 6.11. The van der Waals surface area contributed by atoms with Gasteiger partial charge in [0.05, 0.1) is 0 Å². The second kappa shape index (κ2) is 6.93.